The van der Waals surface area contributed by atoms with Gasteiger partial charge in [0.2, 0.25) is 23.6 Å². The van der Waals surface area contributed by atoms with Crippen LogP contribution in [0.5, 0.6) is 0 Å². The molecule has 2 aliphatic heterocycles. The fraction of sp³-hybridized carbons (Fsp3) is 0.821. The number of likely N-dealkylation sites (tertiary alicyclic amines) is 2. The molecule has 0 aliphatic carbocycles. The first kappa shape index (κ1) is 69.9. The summed E-state index contributed by atoms with van der Waals surface area (Å²) in [5, 5.41) is 6.48. The Labute approximate surface area is 475 Å². The number of amides is 4. The number of unbranched alkanes of at least 4 members (excludes halogenated alkanes) is 20. The quantitative estimate of drug-likeness (QED) is 0.0465. The van der Waals surface area contributed by atoms with E-state index in [4.69, 9.17) is 0 Å². The van der Waals surface area contributed by atoms with Crippen LogP contribution in [-0.4, -0.2) is 121 Å². The normalized spacial score (nSPS) is 17.3. The first-order chi connectivity index (χ1) is 37.4. The molecule has 10 heteroatoms. The fourth-order valence-electron chi connectivity index (χ4n) is 11.6. The molecule has 4 unspecified atom stereocenters. The number of carbonyl (C=O) groups is 4. The molecule has 2 rings (SSSR count). The summed E-state index contributed by atoms with van der Waals surface area (Å²) in [5.74, 6) is 0.241. The number of hydrogen-bond acceptors (Lipinski definition) is 6. The summed E-state index contributed by atoms with van der Waals surface area (Å²) in [4.78, 5) is 64.5. The van der Waals surface area contributed by atoms with Gasteiger partial charge in [0.25, 0.3) is 0 Å². The van der Waals surface area contributed by atoms with Gasteiger partial charge < -0.3 is 30.2 Å². The Balaban J connectivity index is 1.79. The van der Waals surface area contributed by atoms with Crippen molar-refractivity contribution in [2.75, 3.05) is 53.4 Å². The molecule has 2 fully saturated rings. The Morgan fingerprint density at radius 1 is 0.455 bits per heavy atom. The van der Waals surface area contributed by atoms with Gasteiger partial charge in [-0.3, -0.25) is 19.2 Å². The average Bonchev–Trinajstić information content (AvgIpc) is 4.03. The third kappa shape index (κ3) is 33.2. The number of nitrogens with zero attached hydrogens (tertiary/aromatic N) is 4. The highest BCUT2D eigenvalue weighted by molar-refractivity contribution is 5.88. The van der Waals surface area contributed by atoms with Gasteiger partial charge in [-0.15, -0.1) is 0 Å². The zero-order valence-corrected chi connectivity index (χ0v) is 51.5. The Hall–Kier alpha value is -3.24. The molecule has 0 aromatic heterocycles. The van der Waals surface area contributed by atoms with Crippen molar-refractivity contribution in [1.82, 2.24) is 30.2 Å². The van der Waals surface area contributed by atoms with E-state index in [-0.39, 0.29) is 35.5 Å². The average molecular weight is 1080 g/mol. The standard InChI is InChI=1S/C67H122N6O4/c1-9-11-13-15-17-19-21-23-25-27-29-31-33-36-40-48-62(74)72(56-50-60-46-44-54-70(60)7)64(58(3)4)66(76)68-52-42-38-35-39-43-53-69-67(77)65(59(5)6)73(57-51-61-47-45-55-71(61)8)63(75)49-41-37-34-32-30-28-26-24-22-20-18-16-14-12-10-2/h17-20,23-26,58-61,64-65H,9-16,21-22,27-57H2,1-8H3,(H,68,76)(H,69,77)/b19-17-,20-18-,25-23-,26-24-. The number of hydrogen-bond donors (Lipinski definition) is 2. The van der Waals surface area contributed by atoms with Crippen molar-refractivity contribution in [2.45, 2.75) is 290 Å². The fourth-order valence-corrected chi connectivity index (χ4v) is 11.6. The van der Waals surface area contributed by atoms with Crippen LogP contribution in [0.2, 0.25) is 0 Å². The molecule has 0 radical (unpaired) electrons. The number of nitrogens with one attached hydrogen (secondary N) is 2. The van der Waals surface area contributed by atoms with Crippen molar-refractivity contribution in [3.8, 4) is 0 Å². The monoisotopic (exact) mass is 1070 g/mol. The summed E-state index contributed by atoms with van der Waals surface area (Å²) in [6, 6.07) is -0.00618. The first-order valence-electron chi connectivity index (χ1n) is 32.6. The van der Waals surface area contributed by atoms with Gasteiger partial charge in [0, 0.05) is 51.1 Å². The molecule has 2 heterocycles. The van der Waals surface area contributed by atoms with Crippen LogP contribution in [0.4, 0.5) is 0 Å². The van der Waals surface area contributed by atoms with Gasteiger partial charge in [-0.05, 0) is 167 Å². The van der Waals surface area contributed by atoms with Gasteiger partial charge in [-0.25, -0.2) is 0 Å². The molecule has 4 atom stereocenters. The highest BCUT2D eigenvalue weighted by Crippen LogP contribution is 2.24. The van der Waals surface area contributed by atoms with E-state index in [2.05, 4.69) is 125 Å². The largest absolute Gasteiger partial charge is 0.354 e. The van der Waals surface area contributed by atoms with Crippen molar-refractivity contribution in [3.63, 3.8) is 0 Å². The van der Waals surface area contributed by atoms with Gasteiger partial charge >= 0.3 is 0 Å². The van der Waals surface area contributed by atoms with E-state index in [0.29, 0.717) is 51.1 Å². The van der Waals surface area contributed by atoms with Crippen LogP contribution in [0.1, 0.15) is 266 Å². The van der Waals surface area contributed by atoms with E-state index in [1.54, 1.807) is 0 Å². The Morgan fingerprint density at radius 2 is 0.779 bits per heavy atom. The summed E-state index contributed by atoms with van der Waals surface area (Å²) < 4.78 is 0. The summed E-state index contributed by atoms with van der Waals surface area (Å²) in [7, 11) is 4.37. The molecule has 2 saturated heterocycles. The molecule has 2 aliphatic rings. The van der Waals surface area contributed by atoms with E-state index in [1.807, 2.05) is 9.80 Å². The number of rotatable bonds is 48. The summed E-state index contributed by atoms with van der Waals surface area (Å²) >= 11 is 0. The molecule has 10 nitrogen and oxygen atoms in total. The second-order valence-corrected chi connectivity index (χ2v) is 24.0. The second-order valence-electron chi connectivity index (χ2n) is 24.0. The molecule has 444 valence electrons. The van der Waals surface area contributed by atoms with Crippen LogP contribution in [0.25, 0.3) is 0 Å². The zero-order valence-electron chi connectivity index (χ0n) is 51.5. The van der Waals surface area contributed by atoms with Crippen molar-refractivity contribution >= 4 is 23.6 Å². The second kappa shape index (κ2) is 46.5. The Kier molecular flexibility index (Phi) is 42.2. The molecular weight excluding hydrogens is 953 g/mol. The molecule has 77 heavy (non-hydrogen) atoms. The maximum atomic E-state index is 14.0. The van der Waals surface area contributed by atoms with Gasteiger partial charge in [0.05, 0.1) is 0 Å². The van der Waals surface area contributed by atoms with Gasteiger partial charge in [0.15, 0.2) is 0 Å². The third-order valence-electron chi connectivity index (χ3n) is 16.5. The van der Waals surface area contributed by atoms with Crippen LogP contribution in [-0.2, 0) is 19.2 Å². The minimum Gasteiger partial charge on any atom is -0.354 e. The van der Waals surface area contributed by atoms with Crippen molar-refractivity contribution < 1.29 is 19.2 Å². The van der Waals surface area contributed by atoms with Crippen molar-refractivity contribution in [3.05, 3.63) is 48.6 Å². The third-order valence-corrected chi connectivity index (χ3v) is 16.5. The molecule has 0 aromatic rings. The van der Waals surface area contributed by atoms with Gasteiger partial charge in [0.1, 0.15) is 12.1 Å². The minimum absolute atomic E-state index is 0.0186. The summed E-state index contributed by atoms with van der Waals surface area (Å²) in [6.45, 7) is 17.5. The molecule has 0 bridgehead atoms. The van der Waals surface area contributed by atoms with Crippen LogP contribution in [0.3, 0.4) is 0 Å². The number of carbonyl (C=O) groups excluding carboxylic acids is 4. The highest BCUT2D eigenvalue weighted by Gasteiger charge is 2.35. The summed E-state index contributed by atoms with van der Waals surface area (Å²) in [6.07, 6.45) is 56.1. The van der Waals surface area contributed by atoms with Gasteiger partial charge in [-0.2, -0.15) is 0 Å². The van der Waals surface area contributed by atoms with Crippen LogP contribution < -0.4 is 10.6 Å². The van der Waals surface area contributed by atoms with E-state index >= 15 is 0 Å². The highest BCUT2D eigenvalue weighted by atomic mass is 16.2. The maximum absolute atomic E-state index is 14.0. The van der Waals surface area contributed by atoms with Crippen LogP contribution >= 0.6 is 0 Å². The van der Waals surface area contributed by atoms with Crippen LogP contribution in [0.15, 0.2) is 48.6 Å². The van der Waals surface area contributed by atoms with Gasteiger partial charge in [-0.1, -0.05) is 174 Å². The zero-order chi connectivity index (χ0) is 56.1. The predicted octanol–water partition coefficient (Wildman–Crippen LogP) is 15.5. The topological polar surface area (TPSA) is 105 Å². The molecule has 4 amide bonds. The van der Waals surface area contributed by atoms with E-state index in [9.17, 15) is 19.2 Å². The molecule has 0 aromatic carbocycles. The lowest BCUT2D eigenvalue weighted by Gasteiger charge is -2.35. The molecule has 0 saturated carbocycles. The van der Waals surface area contributed by atoms with Crippen molar-refractivity contribution in [2.24, 2.45) is 11.8 Å². The lowest BCUT2D eigenvalue weighted by atomic mass is 9.99. The maximum Gasteiger partial charge on any atom is 0.243 e. The molecule has 2 N–H and O–H groups in total. The SMILES string of the molecule is CCCCC/C=C\C/C=C\CCCCCCCC(=O)N(CCC1CCCN1C)C(C(=O)NCCCCCCCNC(=O)C(C(C)C)N(CCC1CCCN1C)C(=O)CCCCCCC/C=C\C/C=C\CCCCC)C(C)C. The smallest absolute Gasteiger partial charge is 0.243 e. The van der Waals surface area contributed by atoms with Crippen molar-refractivity contribution in [1.29, 1.82) is 0 Å². The minimum atomic E-state index is -0.467. The lowest BCUT2D eigenvalue weighted by molar-refractivity contribution is -0.142. The van der Waals surface area contributed by atoms with E-state index < -0.39 is 12.1 Å². The Bertz CT molecular complexity index is 1510. The lowest BCUT2D eigenvalue weighted by Crippen LogP contribution is -2.53. The summed E-state index contributed by atoms with van der Waals surface area (Å²) in [5.41, 5.74) is 0. The van der Waals surface area contributed by atoms with E-state index in [1.165, 1.54) is 89.9 Å². The predicted molar refractivity (Wildman–Crippen MR) is 329 cm³/mol. The van der Waals surface area contributed by atoms with E-state index in [0.717, 1.165) is 135 Å². The first-order valence-corrected chi connectivity index (χ1v) is 32.6. The molecular formula is C67H122N6O4. The Morgan fingerprint density at radius 3 is 1.10 bits per heavy atom. The number of allylic oxidation sites excluding steroid dienone is 8. The van der Waals surface area contributed by atoms with Crippen LogP contribution in [0, 0.1) is 11.8 Å². The molecule has 0 spiro atoms.